The molecular weight excluding hydrogens is 437 g/mol. The second-order valence-corrected chi connectivity index (χ2v) is 5.17. The number of benzene rings is 2. The Morgan fingerprint density at radius 3 is 1.50 bits per heavy atom. The number of carbonyl (C=O) groups excluding carboxylic acids is 1. The average molecular weight is 447 g/mol. The van der Waals surface area contributed by atoms with Crippen LogP contribution in [0.5, 0.6) is 11.5 Å². The minimum absolute atomic E-state index is 0. The third-order valence-corrected chi connectivity index (χ3v) is 3.21. The van der Waals surface area contributed by atoms with Crippen molar-refractivity contribution >= 4 is 34.9 Å². The van der Waals surface area contributed by atoms with Crippen LogP contribution in [0.2, 0.25) is 0 Å². The molecule has 2 rings (SSSR count). The van der Waals surface area contributed by atoms with Gasteiger partial charge in [-0.3, -0.25) is 4.79 Å². The topological polar surface area (TPSA) is 63.2 Å². The van der Waals surface area contributed by atoms with Crippen LogP contribution in [-0.2, 0) is 0 Å². The minimum atomic E-state index is -0.529. The molecule has 0 saturated carbocycles. The molecular formula is C13H10O3P2Rb2. The first-order valence-corrected chi connectivity index (χ1v) is 6.32. The summed E-state index contributed by atoms with van der Waals surface area (Å²) in [6.07, 6.45) is 0. The Hall–Kier alpha value is 2.18. The molecule has 2 atom stereocenters. The molecule has 0 heterocycles. The van der Waals surface area contributed by atoms with Gasteiger partial charge in [0.25, 0.3) is 0 Å². The van der Waals surface area contributed by atoms with Crippen LogP contribution in [-0.4, -0.2) is 5.78 Å². The number of ketones is 1. The molecule has 0 radical (unpaired) electrons. The van der Waals surface area contributed by atoms with Gasteiger partial charge in [-0.1, -0.05) is 35.8 Å². The van der Waals surface area contributed by atoms with E-state index < -0.39 is 5.78 Å². The molecule has 3 nitrogen and oxygen atoms in total. The quantitative estimate of drug-likeness (QED) is 0.341. The molecule has 0 N–H and O–H groups in total. The first-order chi connectivity index (χ1) is 8.49. The summed E-state index contributed by atoms with van der Waals surface area (Å²) < 4.78 is 0. The van der Waals surface area contributed by atoms with Crippen LogP contribution < -0.4 is 137 Å². The first-order valence-electron chi connectivity index (χ1n) is 5.17. The molecule has 2 aromatic carbocycles. The van der Waals surface area contributed by atoms with Gasteiger partial charge in [0.1, 0.15) is 0 Å². The van der Waals surface area contributed by atoms with E-state index in [2.05, 4.69) is 18.5 Å². The molecule has 0 aromatic heterocycles. The van der Waals surface area contributed by atoms with Crippen molar-refractivity contribution in [3.63, 3.8) is 0 Å². The van der Waals surface area contributed by atoms with E-state index in [1.54, 1.807) is 12.1 Å². The summed E-state index contributed by atoms with van der Waals surface area (Å²) >= 11 is 0. The van der Waals surface area contributed by atoms with E-state index in [9.17, 15) is 15.0 Å². The van der Waals surface area contributed by atoms with Gasteiger partial charge in [0, 0.05) is 11.1 Å². The van der Waals surface area contributed by atoms with Gasteiger partial charge in [0.15, 0.2) is 5.78 Å². The summed E-state index contributed by atoms with van der Waals surface area (Å²) in [7, 11) is 4.83. The van der Waals surface area contributed by atoms with Gasteiger partial charge in [-0.05, 0) is 22.7 Å². The zero-order valence-electron chi connectivity index (χ0n) is 11.3. The molecule has 20 heavy (non-hydrogen) atoms. The Kier molecular flexibility index (Phi) is 11.2. The van der Waals surface area contributed by atoms with E-state index in [1.807, 2.05) is 0 Å². The maximum Gasteiger partial charge on any atom is 1.00 e. The van der Waals surface area contributed by atoms with Crippen molar-refractivity contribution in [2.75, 3.05) is 0 Å². The third kappa shape index (κ3) is 5.67. The number of carbonyl (C=O) groups is 1. The maximum absolute atomic E-state index is 12.2. The van der Waals surface area contributed by atoms with E-state index in [0.717, 1.165) is 10.6 Å². The van der Waals surface area contributed by atoms with Crippen molar-refractivity contribution in [2.24, 2.45) is 0 Å². The largest absolute Gasteiger partial charge is 1.00 e. The van der Waals surface area contributed by atoms with Gasteiger partial charge in [0.05, 0.1) is 0 Å². The fourth-order valence-electron chi connectivity index (χ4n) is 1.60. The van der Waals surface area contributed by atoms with Crippen LogP contribution in [0.1, 0.15) is 15.9 Å². The predicted molar refractivity (Wildman–Crippen MR) is 73.9 cm³/mol. The minimum Gasteiger partial charge on any atom is -0.872 e. The standard InChI is InChI=1S/C13H12O3P2.2Rb/c14-11-3-1-7(17)5-9(11)13(16)10-6-8(18)2-4-12(10)15;;/h1-6,14-15H,17-18H2;;/q;2*+1/p-2. The van der Waals surface area contributed by atoms with Crippen LogP contribution in [0, 0.1) is 0 Å². The second-order valence-electron chi connectivity index (χ2n) is 3.84. The molecule has 0 aliphatic carbocycles. The molecule has 0 fully saturated rings. The molecule has 0 bridgehead atoms. The fourth-order valence-corrected chi connectivity index (χ4v) is 2.12. The van der Waals surface area contributed by atoms with Gasteiger partial charge in [-0.2, -0.15) is 0 Å². The molecule has 0 saturated heterocycles. The van der Waals surface area contributed by atoms with Crippen LogP contribution in [0.3, 0.4) is 0 Å². The van der Waals surface area contributed by atoms with Crippen molar-refractivity contribution in [1.29, 1.82) is 0 Å². The van der Waals surface area contributed by atoms with Crippen LogP contribution in [0.25, 0.3) is 0 Å². The summed E-state index contributed by atoms with van der Waals surface area (Å²) in [5, 5.41) is 24.7. The molecule has 0 spiro atoms. The van der Waals surface area contributed by atoms with E-state index in [1.165, 1.54) is 24.3 Å². The second kappa shape index (κ2) is 10.1. The third-order valence-electron chi connectivity index (χ3n) is 2.50. The molecule has 0 aliphatic heterocycles. The van der Waals surface area contributed by atoms with Crippen LogP contribution in [0.4, 0.5) is 0 Å². The zero-order valence-corrected chi connectivity index (χ0v) is 23.5. The molecule has 2 aromatic rings. The predicted octanol–water partition coefficient (Wildman–Crippen LogP) is -5.93. The van der Waals surface area contributed by atoms with E-state index >= 15 is 0 Å². The zero-order chi connectivity index (χ0) is 13.3. The molecule has 92 valence electrons. The Balaban J connectivity index is 0.00000180. The van der Waals surface area contributed by atoms with Crippen molar-refractivity contribution in [2.45, 2.75) is 0 Å². The first kappa shape index (κ1) is 22.2. The Bertz CT molecular complexity index is 580. The van der Waals surface area contributed by atoms with Gasteiger partial charge >= 0.3 is 116 Å². The van der Waals surface area contributed by atoms with Crippen LogP contribution in [0.15, 0.2) is 36.4 Å². The molecule has 2 unspecified atom stereocenters. The summed E-state index contributed by atoms with van der Waals surface area (Å²) in [5.41, 5.74) is 0.0467. The van der Waals surface area contributed by atoms with E-state index in [-0.39, 0.29) is 139 Å². The van der Waals surface area contributed by atoms with E-state index in [4.69, 9.17) is 0 Å². The van der Waals surface area contributed by atoms with Crippen molar-refractivity contribution < 1.29 is 131 Å². The van der Waals surface area contributed by atoms with Gasteiger partial charge in [-0.15, -0.1) is 18.5 Å². The number of hydrogen-bond donors (Lipinski definition) is 0. The number of rotatable bonds is 2. The molecule has 7 heteroatoms. The summed E-state index contributed by atoms with van der Waals surface area (Å²) in [6.45, 7) is 0. The van der Waals surface area contributed by atoms with Gasteiger partial charge in [0.2, 0.25) is 0 Å². The fraction of sp³-hybridized carbons (Fsp3) is 0. The maximum atomic E-state index is 12.2. The smallest absolute Gasteiger partial charge is 0.872 e. The number of hydrogen-bond acceptors (Lipinski definition) is 3. The molecule has 0 amide bonds. The Morgan fingerprint density at radius 2 is 1.15 bits per heavy atom. The van der Waals surface area contributed by atoms with Crippen molar-refractivity contribution in [3.8, 4) is 11.5 Å². The van der Waals surface area contributed by atoms with Gasteiger partial charge in [-0.25, -0.2) is 0 Å². The van der Waals surface area contributed by atoms with E-state index in [0.29, 0.717) is 0 Å². The van der Waals surface area contributed by atoms with Crippen molar-refractivity contribution in [3.05, 3.63) is 47.5 Å². The average Bonchev–Trinajstić information content (AvgIpc) is 2.34. The summed E-state index contributed by atoms with van der Waals surface area (Å²) in [6, 6.07) is 8.81. The van der Waals surface area contributed by atoms with Crippen molar-refractivity contribution in [1.82, 2.24) is 0 Å². The summed E-state index contributed by atoms with van der Waals surface area (Å²) in [5.74, 6) is -1.28. The van der Waals surface area contributed by atoms with Gasteiger partial charge < -0.3 is 10.2 Å². The normalized spacial score (nSPS) is 9.30. The Morgan fingerprint density at radius 1 is 0.800 bits per heavy atom. The monoisotopic (exact) mass is 446 g/mol. The van der Waals surface area contributed by atoms with Crippen LogP contribution >= 0.6 is 18.5 Å². The summed E-state index contributed by atoms with van der Waals surface area (Å²) in [4.78, 5) is 12.2. The molecule has 0 aliphatic rings. The SMILES string of the molecule is O=C(c1cc(P)ccc1[O-])c1cc(P)ccc1[O-].[Rb+].[Rb+]. The Labute approximate surface area is 220 Å².